The number of benzene rings is 2. The molecule has 3 rings (SSSR count). The van der Waals surface area contributed by atoms with Crippen LogP contribution in [-0.4, -0.2) is 49.3 Å². The van der Waals surface area contributed by atoms with Gasteiger partial charge in [0.15, 0.2) is 5.78 Å². The summed E-state index contributed by atoms with van der Waals surface area (Å²) in [5.41, 5.74) is 3.94. The summed E-state index contributed by atoms with van der Waals surface area (Å²) in [6.45, 7) is 8.37. The molecule has 0 aromatic heterocycles. The average molecular weight is 383 g/mol. The fraction of sp³-hybridized carbons (Fsp3) is 0.364. The Morgan fingerprint density at radius 1 is 1.07 bits per heavy atom. The van der Waals surface area contributed by atoms with Crippen LogP contribution in [0.25, 0.3) is 0 Å². The van der Waals surface area contributed by atoms with E-state index in [1.54, 1.807) is 12.1 Å². The number of piperazine rings is 1. The number of nitrogens with zero attached hydrogens (tertiary/aromatic N) is 2. The highest BCUT2D eigenvalue weighted by Crippen LogP contribution is 2.22. The molecule has 5 nitrogen and oxygen atoms in total. The molecule has 1 aliphatic rings. The van der Waals surface area contributed by atoms with Gasteiger partial charge in [0.05, 0.1) is 12.2 Å². The molecular formula is C22H26FN3O2. The molecule has 2 aromatic carbocycles. The van der Waals surface area contributed by atoms with Crippen LogP contribution in [-0.2, 0) is 4.79 Å². The number of rotatable bonds is 5. The zero-order valence-corrected chi connectivity index (χ0v) is 16.6. The maximum Gasteiger partial charge on any atom is 0.238 e. The molecule has 2 aromatic rings. The van der Waals surface area contributed by atoms with Gasteiger partial charge >= 0.3 is 0 Å². The molecule has 0 aliphatic carbocycles. The Bertz CT molecular complexity index is 889. The van der Waals surface area contributed by atoms with Crippen LogP contribution < -0.4 is 10.2 Å². The molecule has 28 heavy (non-hydrogen) atoms. The lowest BCUT2D eigenvalue weighted by Crippen LogP contribution is -2.49. The van der Waals surface area contributed by atoms with Crippen LogP contribution >= 0.6 is 0 Å². The number of nitrogens with one attached hydrogen (secondary N) is 1. The monoisotopic (exact) mass is 383 g/mol. The number of ketones is 1. The standard InChI is InChI=1S/C22H26FN3O2/c1-15-5-4-6-20(16(15)2)24-22(28)14-25-9-11-26(12-10-25)21-8-7-18(17(3)27)13-19(21)23/h4-8,13H,9-12,14H2,1-3H3,(H,24,28). The molecule has 0 spiro atoms. The van der Waals surface area contributed by atoms with Crippen molar-refractivity contribution in [2.45, 2.75) is 20.8 Å². The van der Waals surface area contributed by atoms with Crippen molar-refractivity contribution in [3.63, 3.8) is 0 Å². The van der Waals surface area contributed by atoms with Crippen LogP contribution in [0.1, 0.15) is 28.4 Å². The number of aryl methyl sites for hydroxylation is 1. The maximum atomic E-state index is 14.3. The van der Waals surface area contributed by atoms with Crippen LogP contribution in [0.4, 0.5) is 15.8 Å². The van der Waals surface area contributed by atoms with Crippen molar-refractivity contribution in [3.05, 3.63) is 58.9 Å². The van der Waals surface area contributed by atoms with Gasteiger partial charge in [0.1, 0.15) is 5.82 Å². The van der Waals surface area contributed by atoms with E-state index in [1.807, 2.05) is 36.9 Å². The minimum Gasteiger partial charge on any atom is -0.367 e. The van der Waals surface area contributed by atoms with Crippen molar-refractivity contribution in [3.8, 4) is 0 Å². The van der Waals surface area contributed by atoms with E-state index >= 15 is 0 Å². The summed E-state index contributed by atoms with van der Waals surface area (Å²) in [6.07, 6.45) is 0. The third-order valence-electron chi connectivity index (χ3n) is 5.31. The first-order chi connectivity index (χ1) is 13.3. The van der Waals surface area contributed by atoms with Gasteiger partial charge in [-0.3, -0.25) is 14.5 Å². The number of hydrogen-bond acceptors (Lipinski definition) is 4. The van der Waals surface area contributed by atoms with E-state index < -0.39 is 0 Å². The number of Topliss-reactive ketones (excluding diaryl/α,β-unsaturated/α-hetero) is 1. The first kappa shape index (κ1) is 20.0. The second-order valence-corrected chi connectivity index (χ2v) is 7.28. The lowest BCUT2D eigenvalue weighted by Gasteiger charge is -2.35. The van der Waals surface area contributed by atoms with E-state index in [0.717, 1.165) is 16.8 Å². The van der Waals surface area contributed by atoms with Crippen molar-refractivity contribution in [2.24, 2.45) is 0 Å². The molecule has 0 unspecified atom stereocenters. The van der Waals surface area contributed by atoms with Gasteiger partial charge in [0.2, 0.25) is 5.91 Å². The summed E-state index contributed by atoms with van der Waals surface area (Å²) < 4.78 is 14.3. The Hall–Kier alpha value is -2.73. The average Bonchev–Trinajstić information content (AvgIpc) is 2.66. The van der Waals surface area contributed by atoms with Crippen molar-refractivity contribution < 1.29 is 14.0 Å². The highest BCUT2D eigenvalue weighted by molar-refractivity contribution is 5.94. The van der Waals surface area contributed by atoms with Gasteiger partial charge < -0.3 is 10.2 Å². The van der Waals surface area contributed by atoms with Crippen LogP contribution in [0.2, 0.25) is 0 Å². The van der Waals surface area contributed by atoms with Gasteiger partial charge in [-0.25, -0.2) is 4.39 Å². The Morgan fingerprint density at radius 3 is 2.43 bits per heavy atom. The molecule has 1 amide bonds. The minimum atomic E-state index is -0.381. The van der Waals surface area contributed by atoms with Crippen molar-refractivity contribution >= 4 is 23.1 Å². The largest absolute Gasteiger partial charge is 0.367 e. The molecule has 1 N–H and O–H groups in total. The van der Waals surface area contributed by atoms with Crippen LogP contribution in [0, 0.1) is 19.7 Å². The summed E-state index contributed by atoms with van der Waals surface area (Å²) in [5.74, 6) is -0.571. The fourth-order valence-electron chi connectivity index (χ4n) is 3.41. The second-order valence-electron chi connectivity index (χ2n) is 7.28. The van der Waals surface area contributed by atoms with Gasteiger partial charge in [-0.2, -0.15) is 0 Å². The van der Waals surface area contributed by atoms with Crippen molar-refractivity contribution in [2.75, 3.05) is 42.9 Å². The number of hydrogen-bond donors (Lipinski definition) is 1. The molecule has 6 heteroatoms. The number of amides is 1. The summed E-state index contributed by atoms with van der Waals surface area (Å²) in [7, 11) is 0. The predicted molar refractivity (Wildman–Crippen MR) is 110 cm³/mol. The van der Waals surface area contributed by atoms with Crippen LogP contribution in [0.5, 0.6) is 0 Å². The smallest absolute Gasteiger partial charge is 0.238 e. The first-order valence-corrected chi connectivity index (χ1v) is 9.49. The van der Waals surface area contributed by atoms with Crippen molar-refractivity contribution in [1.29, 1.82) is 0 Å². The lowest BCUT2D eigenvalue weighted by molar-refractivity contribution is -0.117. The number of carbonyl (C=O) groups excluding carboxylic acids is 2. The molecule has 1 heterocycles. The Labute approximate surface area is 165 Å². The minimum absolute atomic E-state index is 0.0425. The molecule has 0 bridgehead atoms. The van der Waals surface area contributed by atoms with E-state index in [4.69, 9.17) is 0 Å². The Morgan fingerprint density at radius 2 is 1.79 bits per heavy atom. The van der Waals surface area contributed by atoms with Gasteiger partial charge in [-0.15, -0.1) is 0 Å². The molecule has 1 fully saturated rings. The molecule has 0 radical (unpaired) electrons. The summed E-state index contributed by atoms with van der Waals surface area (Å²) >= 11 is 0. The zero-order chi connectivity index (χ0) is 20.3. The van der Waals surface area contributed by atoms with Gasteiger partial charge in [-0.1, -0.05) is 12.1 Å². The molecule has 0 saturated carbocycles. The summed E-state index contributed by atoms with van der Waals surface area (Å²) in [6, 6.07) is 10.5. The second kappa shape index (κ2) is 8.52. The quantitative estimate of drug-likeness (QED) is 0.804. The third kappa shape index (κ3) is 4.57. The zero-order valence-electron chi connectivity index (χ0n) is 16.6. The Kier molecular flexibility index (Phi) is 6.09. The fourth-order valence-corrected chi connectivity index (χ4v) is 3.41. The maximum absolute atomic E-state index is 14.3. The molecule has 1 saturated heterocycles. The SMILES string of the molecule is CC(=O)c1ccc(N2CCN(CC(=O)Nc3cccc(C)c3C)CC2)c(F)c1. The van der Waals surface area contributed by atoms with Gasteiger partial charge in [0.25, 0.3) is 0 Å². The van der Waals surface area contributed by atoms with Gasteiger partial charge in [-0.05, 0) is 56.2 Å². The van der Waals surface area contributed by atoms with E-state index in [1.165, 1.54) is 13.0 Å². The first-order valence-electron chi connectivity index (χ1n) is 9.49. The summed E-state index contributed by atoms with van der Waals surface area (Å²) in [4.78, 5) is 27.8. The lowest BCUT2D eigenvalue weighted by atomic mass is 10.1. The molecule has 1 aliphatic heterocycles. The van der Waals surface area contributed by atoms with E-state index in [9.17, 15) is 14.0 Å². The van der Waals surface area contributed by atoms with E-state index in [2.05, 4.69) is 10.2 Å². The highest BCUT2D eigenvalue weighted by Gasteiger charge is 2.21. The topological polar surface area (TPSA) is 52.7 Å². The molecule has 0 atom stereocenters. The van der Waals surface area contributed by atoms with Crippen LogP contribution in [0.3, 0.4) is 0 Å². The Balaban J connectivity index is 1.55. The van der Waals surface area contributed by atoms with E-state index in [0.29, 0.717) is 44.0 Å². The summed E-state index contributed by atoms with van der Waals surface area (Å²) in [5, 5.41) is 2.98. The molecular weight excluding hydrogens is 357 g/mol. The number of halogens is 1. The third-order valence-corrected chi connectivity index (χ3v) is 5.31. The number of carbonyl (C=O) groups is 2. The number of anilines is 2. The van der Waals surface area contributed by atoms with Gasteiger partial charge in [0, 0.05) is 37.4 Å². The normalized spacial score (nSPS) is 14.8. The predicted octanol–water partition coefficient (Wildman–Crippen LogP) is 3.41. The van der Waals surface area contributed by atoms with Crippen LogP contribution in [0.15, 0.2) is 36.4 Å². The highest BCUT2D eigenvalue weighted by atomic mass is 19.1. The van der Waals surface area contributed by atoms with Crippen molar-refractivity contribution in [1.82, 2.24) is 4.90 Å². The molecule has 148 valence electrons. The van der Waals surface area contributed by atoms with E-state index in [-0.39, 0.29) is 17.5 Å².